The number of carbonyl (C=O) groups is 2. The van der Waals surface area contributed by atoms with Crippen LogP contribution in [0.25, 0.3) is 0 Å². The predicted molar refractivity (Wildman–Crippen MR) is 122 cm³/mol. The van der Waals surface area contributed by atoms with E-state index in [9.17, 15) is 9.59 Å². The van der Waals surface area contributed by atoms with Crippen molar-refractivity contribution in [2.45, 2.75) is 32.9 Å². The fraction of sp³-hybridized carbons (Fsp3) is 0.333. The average Bonchev–Trinajstić information content (AvgIpc) is 2.69. The molecule has 0 aliphatic carbocycles. The van der Waals surface area contributed by atoms with Gasteiger partial charge >= 0.3 is 0 Å². The third-order valence-electron chi connectivity index (χ3n) is 4.20. The quantitative estimate of drug-likeness (QED) is 0.471. The first-order valence-corrected chi connectivity index (χ1v) is 11.2. The fourth-order valence-electron chi connectivity index (χ4n) is 2.63. The summed E-state index contributed by atoms with van der Waals surface area (Å²) in [5, 5.41) is 3.25. The Morgan fingerprint density at radius 1 is 1.17 bits per heavy atom. The molecule has 156 valence electrons. The number of ether oxygens (including phenoxy) is 1. The summed E-state index contributed by atoms with van der Waals surface area (Å²) in [5.74, 6) is -0.0892. The zero-order valence-electron chi connectivity index (χ0n) is 16.3. The van der Waals surface area contributed by atoms with Crippen LogP contribution in [0.5, 0.6) is 5.75 Å². The number of nitrogens with zero attached hydrogens (tertiary/aromatic N) is 1. The maximum absolute atomic E-state index is 13.0. The van der Waals surface area contributed by atoms with Crippen LogP contribution in [0.2, 0.25) is 5.02 Å². The number of halogens is 3. The summed E-state index contributed by atoms with van der Waals surface area (Å²) in [7, 11) is 0. The minimum Gasteiger partial charge on any atom is -0.482 e. The van der Waals surface area contributed by atoms with Gasteiger partial charge in [-0.15, -0.1) is 0 Å². The molecule has 5 nitrogen and oxygen atoms in total. The fourth-order valence-corrected chi connectivity index (χ4v) is 3.80. The van der Waals surface area contributed by atoms with Gasteiger partial charge < -0.3 is 15.0 Å². The molecule has 1 atom stereocenters. The SMILES string of the molecule is CCCNC(=O)[C@H](C)N(Cc1cccc(Br)c1)C(=O)COc1ccc(Br)cc1Cl. The average molecular weight is 547 g/mol. The monoisotopic (exact) mass is 544 g/mol. The molecule has 0 heterocycles. The van der Waals surface area contributed by atoms with Gasteiger partial charge in [0.1, 0.15) is 11.8 Å². The maximum Gasteiger partial charge on any atom is 0.261 e. The lowest BCUT2D eigenvalue weighted by Crippen LogP contribution is -2.49. The highest BCUT2D eigenvalue weighted by molar-refractivity contribution is 9.10. The molecule has 0 aromatic heterocycles. The van der Waals surface area contributed by atoms with Gasteiger partial charge in [-0.25, -0.2) is 0 Å². The van der Waals surface area contributed by atoms with Crippen molar-refractivity contribution in [1.29, 1.82) is 0 Å². The molecule has 0 saturated heterocycles. The molecular formula is C21H23Br2ClN2O3. The van der Waals surface area contributed by atoms with Crippen molar-refractivity contribution in [3.8, 4) is 5.75 Å². The van der Waals surface area contributed by atoms with Crippen LogP contribution >= 0.6 is 43.5 Å². The number of rotatable bonds is 9. The lowest BCUT2D eigenvalue weighted by atomic mass is 10.1. The Balaban J connectivity index is 2.15. The van der Waals surface area contributed by atoms with E-state index in [0.29, 0.717) is 17.3 Å². The molecule has 0 aliphatic rings. The van der Waals surface area contributed by atoms with Crippen molar-refractivity contribution in [2.75, 3.05) is 13.2 Å². The van der Waals surface area contributed by atoms with Gasteiger partial charge in [-0.2, -0.15) is 0 Å². The molecule has 2 aromatic rings. The van der Waals surface area contributed by atoms with Crippen LogP contribution < -0.4 is 10.1 Å². The van der Waals surface area contributed by atoms with E-state index in [1.165, 1.54) is 4.90 Å². The van der Waals surface area contributed by atoms with Crippen molar-refractivity contribution >= 4 is 55.3 Å². The molecule has 0 unspecified atom stereocenters. The molecule has 0 radical (unpaired) electrons. The Bertz CT molecular complexity index is 864. The zero-order chi connectivity index (χ0) is 21.4. The van der Waals surface area contributed by atoms with Crippen molar-refractivity contribution in [3.63, 3.8) is 0 Å². The summed E-state index contributed by atoms with van der Waals surface area (Å²) in [6.45, 7) is 4.32. The second-order valence-electron chi connectivity index (χ2n) is 6.48. The van der Waals surface area contributed by atoms with E-state index < -0.39 is 6.04 Å². The highest BCUT2D eigenvalue weighted by atomic mass is 79.9. The number of hydrogen-bond acceptors (Lipinski definition) is 3. The second-order valence-corrected chi connectivity index (χ2v) is 8.72. The molecular weight excluding hydrogens is 524 g/mol. The number of nitrogens with one attached hydrogen (secondary N) is 1. The molecule has 0 aliphatic heterocycles. The molecule has 0 bridgehead atoms. The summed E-state index contributed by atoms with van der Waals surface area (Å²) >= 11 is 12.9. The summed E-state index contributed by atoms with van der Waals surface area (Å²) in [4.78, 5) is 27.0. The second kappa shape index (κ2) is 11.6. The van der Waals surface area contributed by atoms with Crippen LogP contribution in [-0.2, 0) is 16.1 Å². The topological polar surface area (TPSA) is 58.6 Å². The van der Waals surface area contributed by atoms with Gasteiger partial charge in [0, 0.05) is 22.0 Å². The van der Waals surface area contributed by atoms with E-state index >= 15 is 0 Å². The summed E-state index contributed by atoms with van der Waals surface area (Å²) in [5.41, 5.74) is 0.907. The Labute approximate surface area is 193 Å². The van der Waals surface area contributed by atoms with Crippen LogP contribution in [0.4, 0.5) is 0 Å². The Morgan fingerprint density at radius 2 is 1.90 bits per heavy atom. The Hall–Kier alpha value is -1.57. The third kappa shape index (κ3) is 7.32. The molecule has 0 spiro atoms. The van der Waals surface area contributed by atoms with Crippen molar-refractivity contribution in [3.05, 3.63) is 62.0 Å². The molecule has 0 saturated carbocycles. The lowest BCUT2D eigenvalue weighted by molar-refractivity contribution is -0.142. The highest BCUT2D eigenvalue weighted by Crippen LogP contribution is 2.27. The van der Waals surface area contributed by atoms with Crippen LogP contribution in [0.3, 0.4) is 0 Å². The van der Waals surface area contributed by atoms with E-state index in [1.54, 1.807) is 25.1 Å². The first kappa shape index (κ1) is 23.7. The maximum atomic E-state index is 13.0. The molecule has 2 rings (SSSR count). The van der Waals surface area contributed by atoms with Gasteiger partial charge in [0.25, 0.3) is 5.91 Å². The van der Waals surface area contributed by atoms with Crippen molar-refractivity contribution < 1.29 is 14.3 Å². The number of amides is 2. The number of carbonyl (C=O) groups excluding carboxylic acids is 2. The smallest absolute Gasteiger partial charge is 0.261 e. The Morgan fingerprint density at radius 3 is 2.55 bits per heavy atom. The molecule has 2 amide bonds. The van der Waals surface area contributed by atoms with Crippen molar-refractivity contribution in [2.24, 2.45) is 0 Å². The lowest BCUT2D eigenvalue weighted by Gasteiger charge is -2.29. The van der Waals surface area contributed by atoms with Crippen LogP contribution in [0, 0.1) is 0 Å². The van der Waals surface area contributed by atoms with Gasteiger partial charge in [0.15, 0.2) is 6.61 Å². The number of benzene rings is 2. The third-order valence-corrected chi connectivity index (χ3v) is 5.49. The first-order chi connectivity index (χ1) is 13.8. The molecule has 1 N–H and O–H groups in total. The van der Waals surface area contributed by atoms with Gasteiger partial charge in [0.2, 0.25) is 5.91 Å². The van der Waals surface area contributed by atoms with Gasteiger partial charge in [0.05, 0.1) is 5.02 Å². The summed E-state index contributed by atoms with van der Waals surface area (Å²) < 4.78 is 7.35. The molecule has 8 heteroatoms. The zero-order valence-corrected chi connectivity index (χ0v) is 20.2. The van der Waals surface area contributed by atoms with Gasteiger partial charge in [-0.3, -0.25) is 9.59 Å². The van der Waals surface area contributed by atoms with E-state index in [-0.39, 0.29) is 25.0 Å². The normalized spacial score (nSPS) is 11.6. The van der Waals surface area contributed by atoms with E-state index in [4.69, 9.17) is 16.3 Å². The summed E-state index contributed by atoms with van der Waals surface area (Å²) in [6, 6.07) is 12.2. The van der Waals surface area contributed by atoms with Crippen LogP contribution in [-0.4, -0.2) is 35.9 Å². The van der Waals surface area contributed by atoms with Crippen LogP contribution in [0.1, 0.15) is 25.8 Å². The van der Waals surface area contributed by atoms with Gasteiger partial charge in [-0.05, 0) is 49.2 Å². The molecule has 2 aromatic carbocycles. The minimum absolute atomic E-state index is 0.197. The summed E-state index contributed by atoms with van der Waals surface area (Å²) in [6.07, 6.45) is 0.823. The van der Waals surface area contributed by atoms with E-state index in [2.05, 4.69) is 37.2 Å². The van der Waals surface area contributed by atoms with Crippen LogP contribution in [0.15, 0.2) is 51.4 Å². The predicted octanol–water partition coefficient (Wildman–Crippen LogP) is 5.19. The molecule has 0 fully saturated rings. The standard InChI is InChI=1S/C21H23Br2ClN2O3/c1-3-9-25-21(28)14(2)26(12-15-5-4-6-16(22)10-15)20(27)13-29-19-8-7-17(23)11-18(19)24/h4-8,10-11,14H,3,9,12-13H2,1-2H3,(H,25,28)/t14-/m0/s1. The van der Waals surface area contributed by atoms with Gasteiger partial charge in [-0.1, -0.05) is 62.5 Å². The Kier molecular flexibility index (Phi) is 9.46. The highest BCUT2D eigenvalue weighted by Gasteiger charge is 2.26. The van der Waals surface area contributed by atoms with E-state index in [1.807, 2.05) is 31.2 Å². The largest absolute Gasteiger partial charge is 0.482 e. The number of hydrogen-bond donors (Lipinski definition) is 1. The first-order valence-electron chi connectivity index (χ1n) is 9.21. The van der Waals surface area contributed by atoms with Crippen molar-refractivity contribution in [1.82, 2.24) is 10.2 Å². The molecule has 29 heavy (non-hydrogen) atoms. The minimum atomic E-state index is -0.642. The van der Waals surface area contributed by atoms with E-state index in [0.717, 1.165) is 20.9 Å².